The second-order valence-electron chi connectivity index (χ2n) is 3.77. The maximum Gasteiger partial charge on any atom is 0.198 e. The highest BCUT2D eigenvalue weighted by Crippen LogP contribution is 2.28. The fraction of sp³-hybridized carbons (Fsp3) is 0.0714. The van der Waals surface area contributed by atoms with Gasteiger partial charge in [-0.05, 0) is 24.3 Å². The maximum absolute atomic E-state index is 12.3. The number of carbonyl (C=O) groups excluding carboxylic acids is 1. The molecule has 92 valence electrons. The molecule has 0 saturated heterocycles. The highest BCUT2D eigenvalue weighted by molar-refractivity contribution is 6.14. The van der Waals surface area contributed by atoms with Gasteiger partial charge >= 0.3 is 0 Å². The van der Waals surface area contributed by atoms with Crippen molar-refractivity contribution in [3.8, 4) is 11.5 Å². The summed E-state index contributed by atoms with van der Waals surface area (Å²) in [5, 5.41) is 9.67. The Morgan fingerprint density at radius 3 is 2.44 bits per heavy atom. The Kier molecular flexibility index (Phi) is 3.19. The number of ether oxygens (including phenoxy) is 1. The summed E-state index contributed by atoms with van der Waals surface area (Å²) in [4.78, 5) is 12.3. The Morgan fingerprint density at radius 2 is 1.78 bits per heavy atom. The number of rotatable bonds is 3. The van der Waals surface area contributed by atoms with Crippen LogP contribution in [0.25, 0.3) is 0 Å². The fourth-order valence-corrected chi connectivity index (χ4v) is 1.73. The Balaban J connectivity index is 2.50. The predicted molar refractivity (Wildman–Crippen MR) is 68.9 cm³/mol. The van der Waals surface area contributed by atoms with E-state index in [0.717, 1.165) is 0 Å². The standard InChI is InChI=1S/C14H13NO3/c1-18-12-8-4-6-10(13(12)15)14(17)9-5-2-3-7-11(9)16/h2-8,16H,15H2,1H3. The van der Waals surface area contributed by atoms with Crippen LogP contribution in [0, 0.1) is 0 Å². The van der Waals surface area contributed by atoms with Crippen LogP contribution >= 0.6 is 0 Å². The van der Waals surface area contributed by atoms with Crippen molar-refractivity contribution in [1.82, 2.24) is 0 Å². The summed E-state index contributed by atoms with van der Waals surface area (Å²) in [6.45, 7) is 0. The van der Waals surface area contributed by atoms with E-state index in [0.29, 0.717) is 11.3 Å². The van der Waals surface area contributed by atoms with Gasteiger partial charge in [0.25, 0.3) is 0 Å². The van der Waals surface area contributed by atoms with Gasteiger partial charge < -0.3 is 15.6 Å². The monoisotopic (exact) mass is 243 g/mol. The number of phenols is 1. The second kappa shape index (κ2) is 4.79. The number of nitrogen functional groups attached to an aromatic ring is 1. The van der Waals surface area contributed by atoms with Gasteiger partial charge in [0.1, 0.15) is 11.5 Å². The van der Waals surface area contributed by atoms with Crippen LogP contribution in [0.4, 0.5) is 5.69 Å². The van der Waals surface area contributed by atoms with E-state index in [1.807, 2.05) is 0 Å². The molecule has 2 rings (SSSR count). The molecule has 0 amide bonds. The number of para-hydroxylation sites is 2. The number of anilines is 1. The molecule has 0 heterocycles. The highest BCUT2D eigenvalue weighted by atomic mass is 16.5. The van der Waals surface area contributed by atoms with Crippen molar-refractivity contribution in [1.29, 1.82) is 0 Å². The zero-order valence-electron chi connectivity index (χ0n) is 9.88. The summed E-state index contributed by atoms with van der Waals surface area (Å²) in [6, 6.07) is 11.3. The van der Waals surface area contributed by atoms with Crippen molar-refractivity contribution in [3.05, 3.63) is 53.6 Å². The number of ketones is 1. The van der Waals surface area contributed by atoms with E-state index in [2.05, 4.69) is 0 Å². The zero-order chi connectivity index (χ0) is 13.1. The summed E-state index contributed by atoms with van der Waals surface area (Å²) in [5.74, 6) is 0.0468. The number of phenolic OH excluding ortho intramolecular Hbond substituents is 1. The molecule has 0 aromatic heterocycles. The average molecular weight is 243 g/mol. The van der Waals surface area contributed by atoms with E-state index in [9.17, 15) is 9.90 Å². The SMILES string of the molecule is COc1cccc(C(=O)c2ccccc2O)c1N. The van der Waals surface area contributed by atoms with Gasteiger partial charge in [0, 0.05) is 5.56 Å². The molecule has 0 aliphatic carbocycles. The lowest BCUT2D eigenvalue weighted by Gasteiger charge is -2.09. The van der Waals surface area contributed by atoms with Crippen LogP contribution in [0.1, 0.15) is 15.9 Å². The van der Waals surface area contributed by atoms with Crippen molar-refractivity contribution >= 4 is 11.5 Å². The molecule has 0 radical (unpaired) electrons. The number of aromatic hydroxyl groups is 1. The maximum atomic E-state index is 12.3. The largest absolute Gasteiger partial charge is 0.507 e. The van der Waals surface area contributed by atoms with Gasteiger partial charge in [-0.15, -0.1) is 0 Å². The number of nitrogens with two attached hydrogens (primary N) is 1. The number of hydrogen-bond donors (Lipinski definition) is 2. The van der Waals surface area contributed by atoms with Crippen LogP contribution in [-0.4, -0.2) is 18.0 Å². The quantitative estimate of drug-likeness (QED) is 0.640. The minimum Gasteiger partial charge on any atom is -0.507 e. The third kappa shape index (κ3) is 2.00. The molecule has 0 spiro atoms. The molecule has 3 N–H and O–H groups in total. The first-order valence-electron chi connectivity index (χ1n) is 5.40. The first-order chi connectivity index (χ1) is 8.65. The van der Waals surface area contributed by atoms with Gasteiger partial charge in [-0.3, -0.25) is 4.79 Å². The minimum absolute atomic E-state index is 0.0651. The van der Waals surface area contributed by atoms with E-state index in [4.69, 9.17) is 10.5 Å². The Morgan fingerprint density at radius 1 is 1.11 bits per heavy atom. The average Bonchev–Trinajstić information content (AvgIpc) is 2.39. The fourth-order valence-electron chi connectivity index (χ4n) is 1.73. The topological polar surface area (TPSA) is 72.5 Å². The molecule has 0 aliphatic rings. The van der Waals surface area contributed by atoms with E-state index in [1.54, 1.807) is 36.4 Å². The van der Waals surface area contributed by atoms with Crippen molar-refractivity contribution in [2.45, 2.75) is 0 Å². The first kappa shape index (κ1) is 12.0. The van der Waals surface area contributed by atoms with Gasteiger partial charge in [0.05, 0.1) is 18.4 Å². The molecule has 0 atom stereocenters. The predicted octanol–water partition coefficient (Wildman–Crippen LogP) is 2.21. The summed E-state index contributed by atoms with van der Waals surface area (Å²) in [5.41, 5.74) is 6.66. The normalized spacial score (nSPS) is 10.1. The summed E-state index contributed by atoms with van der Waals surface area (Å²) in [6.07, 6.45) is 0. The van der Waals surface area contributed by atoms with Crippen molar-refractivity contribution < 1.29 is 14.6 Å². The van der Waals surface area contributed by atoms with Gasteiger partial charge in [0.15, 0.2) is 5.78 Å². The number of benzene rings is 2. The molecule has 4 heteroatoms. The lowest BCUT2D eigenvalue weighted by Crippen LogP contribution is -2.06. The molecule has 18 heavy (non-hydrogen) atoms. The molecule has 4 nitrogen and oxygen atoms in total. The van der Waals surface area contributed by atoms with Crippen molar-refractivity contribution in [2.75, 3.05) is 12.8 Å². The first-order valence-corrected chi connectivity index (χ1v) is 5.40. The number of methoxy groups -OCH3 is 1. The minimum atomic E-state index is -0.329. The Hall–Kier alpha value is -2.49. The lowest BCUT2D eigenvalue weighted by atomic mass is 10.0. The summed E-state index contributed by atoms with van der Waals surface area (Å²) < 4.78 is 5.06. The summed E-state index contributed by atoms with van der Waals surface area (Å²) in [7, 11) is 1.49. The van der Waals surface area contributed by atoms with Crippen LogP contribution in [0.3, 0.4) is 0 Å². The van der Waals surface area contributed by atoms with E-state index in [1.165, 1.54) is 13.2 Å². The van der Waals surface area contributed by atoms with Gasteiger partial charge in [-0.2, -0.15) is 0 Å². The van der Waals surface area contributed by atoms with E-state index < -0.39 is 0 Å². The molecule has 0 unspecified atom stereocenters. The van der Waals surface area contributed by atoms with Gasteiger partial charge in [-0.1, -0.05) is 18.2 Å². The second-order valence-corrected chi connectivity index (χ2v) is 3.77. The third-order valence-electron chi connectivity index (χ3n) is 2.68. The molecular weight excluding hydrogens is 230 g/mol. The van der Waals surface area contributed by atoms with Crippen molar-refractivity contribution in [2.24, 2.45) is 0 Å². The van der Waals surface area contributed by atoms with Crippen LogP contribution in [0.2, 0.25) is 0 Å². The van der Waals surface area contributed by atoms with Gasteiger partial charge in [-0.25, -0.2) is 0 Å². The van der Waals surface area contributed by atoms with Crippen LogP contribution in [0.5, 0.6) is 11.5 Å². The molecule has 2 aromatic rings. The third-order valence-corrected chi connectivity index (χ3v) is 2.68. The summed E-state index contributed by atoms with van der Waals surface area (Å²) >= 11 is 0. The van der Waals surface area contributed by atoms with E-state index >= 15 is 0 Å². The van der Waals surface area contributed by atoms with Gasteiger partial charge in [0.2, 0.25) is 0 Å². The number of hydrogen-bond acceptors (Lipinski definition) is 4. The molecule has 0 saturated carbocycles. The van der Waals surface area contributed by atoms with Crippen molar-refractivity contribution in [3.63, 3.8) is 0 Å². The van der Waals surface area contributed by atoms with Crippen LogP contribution < -0.4 is 10.5 Å². The zero-order valence-corrected chi connectivity index (χ0v) is 9.88. The Labute approximate surface area is 105 Å². The molecule has 0 fully saturated rings. The lowest BCUT2D eigenvalue weighted by molar-refractivity contribution is 0.103. The molecular formula is C14H13NO3. The number of carbonyl (C=O) groups is 1. The Bertz CT molecular complexity index is 593. The smallest absolute Gasteiger partial charge is 0.198 e. The van der Waals surface area contributed by atoms with E-state index in [-0.39, 0.29) is 22.8 Å². The van der Waals surface area contributed by atoms with Crippen LogP contribution in [-0.2, 0) is 0 Å². The molecule has 0 bridgehead atoms. The highest BCUT2D eigenvalue weighted by Gasteiger charge is 2.17. The van der Waals surface area contributed by atoms with Crippen LogP contribution in [0.15, 0.2) is 42.5 Å². The molecule has 0 aliphatic heterocycles. The molecule has 2 aromatic carbocycles.